The van der Waals surface area contributed by atoms with Crippen LogP contribution in [0.15, 0.2) is 0 Å². The molecule has 2 fully saturated rings. The third-order valence-electron chi connectivity index (χ3n) is 3.23. The first-order valence-electron chi connectivity index (χ1n) is 5.29. The fraction of sp³-hybridized carbons (Fsp3) is 0.900. The van der Waals surface area contributed by atoms with Gasteiger partial charge in [0.2, 0.25) is 5.91 Å². The molecule has 2 aliphatic rings. The molecule has 13 heavy (non-hydrogen) atoms. The molecule has 1 saturated heterocycles. The number of nitrogens with one attached hydrogen (secondary N) is 1. The van der Waals surface area contributed by atoms with Gasteiger partial charge in [-0.2, -0.15) is 0 Å². The molecule has 0 aromatic carbocycles. The molecule has 0 aromatic heterocycles. The summed E-state index contributed by atoms with van der Waals surface area (Å²) in [7, 11) is 0. The monoisotopic (exact) mass is 182 g/mol. The Labute approximate surface area is 79.1 Å². The number of piperidine rings is 1. The quantitative estimate of drug-likeness (QED) is 0.673. The van der Waals surface area contributed by atoms with E-state index in [2.05, 4.69) is 5.32 Å². The van der Waals surface area contributed by atoms with Gasteiger partial charge in [0.05, 0.1) is 0 Å². The van der Waals surface area contributed by atoms with Gasteiger partial charge < -0.3 is 11.1 Å². The molecule has 0 aromatic rings. The number of primary amides is 1. The molecule has 1 saturated carbocycles. The Bertz CT molecular complexity index is 201. The zero-order valence-electron chi connectivity index (χ0n) is 7.96. The number of hydrogen-bond acceptors (Lipinski definition) is 2. The van der Waals surface area contributed by atoms with E-state index in [0.717, 1.165) is 12.5 Å². The number of amides is 1. The fourth-order valence-electron chi connectivity index (χ4n) is 2.47. The summed E-state index contributed by atoms with van der Waals surface area (Å²) < 4.78 is 0. The number of rotatable bonds is 3. The normalized spacial score (nSPS) is 34.5. The van der Waals surface area contributed by atoms with Gasteiger partial charge in [-0.15, -0.1) is 0 Å². The van der Waals surface area contributed by atoms with Crippen molar-refractivity contribution >= 4 is 5.91 Å². The SMILES string of the molecule is NC(=O)C[C@H]1CCCN[C@@H]1C1CC1. The van der Waals surface area contributed by atoms with Gasteiger partial charge in [-0.05, 0) is 44.1 Å². The van der Waals surface area contributed by atoms with Crippen molar-refractivity contribution in [2.75, 3.05) is 6.54 Å². The second kappa shape index (κ2) is 3.66. The Hall–Kier alpha value is -0.570. The molecule has 1 aliphatic carbocycles. The Morgan fingerprint density at radius 3 is 2.77 bits per heavy atom. The molecule has 0 radical (unpaired) electrons. The van der Waals surface area contributed by atoms with Crippen LogP contribution in [0.5, 0.6) is 0 Å². The summed E-state index contributed by atoms with van der Waals surface area (Å²) in [6.45, 7) is 1.12. The van der Waals surface area contributed by atoms with Crippen LogP contribution in [0.3, 0.4) is 0 Å². The molecular weight excluding hydrogens is 164 g/mol. The fourth-order valence-corrected chi connectivity index (χ4v) is 2.47. The topological polar surface area (TPSA) is 55.1 Å². The van der Waals surface area contributed by atoms with Crippen molar-refractivity contribution in [1.82, 2.24) is 5.32 Å². The van der Waals surface area contributed by atoms with E-state index in [1.54, 1.807) is 0 Å². The standard InChI is InChI=1S/C10H18N2O/c11-9(13)6-8-2-1-5-12-10(8)7-3-4-7/h7-8,10,12H,1-6H2,(H2,11,13)/t8-,10-/m1/s1. The molecule has 2 atom stereocenters. The van der Waals surface area contributed by atoms with E-state index in [4.69, 9.17) is 5.73 Å². The molecule has 0 unspecified atom stereocenters. The summed E-state index contributed by atoms with van der Waals surface area (Å²) in [4.78, 5) is 10.9. The largest absolute Gasteiger partial charge is 0.370 e. The van der Waals surface area contributed by atoms with Gasteiger partial charge in [-0.1, -0.05) is 0 Å². The number of nitrogens with two attached hydrogens (primary N) is 1. The highest BCUT2D eigenvalue weighted by atomic mass is 16.1. The molecule has 3 N–H and O–H groups in total. The van der Waals surface area contributed by atoms with Crippen molar-refractivity contribution < 1.29 is 4.79 Å². The minimum atomic E-state index is -0.139. The van der Waals surface area contributed by atoms with E-state index in [9.17, 15) is 4.79 Å². The summed E-state index contributed by atoms with van der Waals surface area (Å²) >= 11 is 0. The van der Waals surface area contributed by atoms with E-state index in [1.807, 2.05) is 0 Å². The zero-order valence-corrected chi connectivity index (χ0v) is 7.96. The predicted molar refractivity (Wildman–Crippen MR) is 51.1 cm³/mol. The van der Waals surface area contributed by atoms with Crippen molar-refractivity contribution in [1.29, 1.82) is 0 Å². The van der Waals surface area contributed by atoms with Crippen molar-refractivity contribution in [3.05, 3.63) is 0 Å². The van der Waals surface area contributed by atoms with Crippen LogP contribution in [-0.4, -0.2) is 18.5 Å². The number of carbonyl (C=O) groups is 1. The van der Waals surface area contributed by atoms with E-state index < -0.39 is 0 Å². The number of hydrogen-bond donors (Lipinski definition) is 2. The molecular formula is C10H18N2O. The Morgan fingerprint density at radius 2 is 2.15 bits per heavy atom. The lowest BCUT2D eigenvalue weighted by molar-refractivity contribution is -0.119. The van der Waals surface area contributed by atoms with Gasteiger partial charge in [0.25, 0.3) is 0 Å². The molecule has 74 valence electrons. The lowest BCUT2D eigenvalue weighted by Gasteiger charge is -2.32. The second-order valence-electron chi connectivity index (χ2n) is 4.39. The molecule has 0 bridgehead atoms. The maximum absolute atomic E-state index is 10.9. The summed E-state index contributed by atoms with van der Waals surface area (Å²) in [5.74, 6) is 1.21. The van der Waals surface area contributed by atoms with Crippen molar-refractivity contribution in [3.8, 4) is 0 Å². The van der Waals surface area contributed by atoms with Crippen LogP contribution in [0.1, 0.15) is 32.1 Å². The third-order valence-corrected chi connectivity index (χ3v) is 3.23. The van der Waals surface area contributed by atoms with Crippen LogP contribution in [0, 0.1) is 11.8 Å². The summed E-state index contributed by atoms with van der Waals surface area (Å²) in [5.41, 5.74) is 5.24. The molecule has 3 heteroatoms. The summed E-state index contributed by atoms with van der Waals surface area (Å²) in [5, 5.41) is 3.53. The predicted octanol–water partition coefficient (Wildman–Crippen LogP) is 0.640. The van der Waals surface area contributed by atoms with Gasteiger partial charge in [0.1, 0.15) is 0 Å². The molecule has 3 nitrogen and oxygen atoms in total. The lowest BCUT2D eigenvalue weighted by atomic mass is 9.85. The molecule has 0 spiro atoms. The van der Waals surface area contributed by atoms with Crippen molar-refractivity contribution in [2.24, 2.45) is 17.6 Å². The Balaban J connectivity index is 1.91. The van der Waals surface area contributed by atoms with E-state index in [0.29, 0.717) is 18.4 Å². The molecule has 1 heterocycles. The van der Waals surface area contributed by atoms with E-state index >= 15 is 0 Å². The third kappa shape index (κ3) is 2.21. The highest BCUT2D eigenvalue weighted by Crippen LogP contribution is 2.39. The van der Waals surface area contributed by atoms with Crippen LogP contribution in [0.4, 0.5) is 0 Å². The average Bonchev–Trinajstić information content (AvgIpc) is 2.87. The molecule has 1 aliphatic heterocycles. The van der Waals surface area contributed by atoms with Crippen molar-refractivity contribution in [2.45, 2.75) is 38.1 Å². The van der Waals surface area contributed by atoms with Gasteiger partial charge in [-0.25, -0.2) is 0 Å². The van der Waals surface area contributed by atoms with Crippen LogP contribution < -0.4 is 11.1 Å². The minimum Gasteiger partial charge on any atom is -0.370 e. The maximum atomic E-state index is 10.9. The van der Waals surface area contributed by atoms with Gasteiger partial charge in [-0.3, -0.25) is 4.79 Å². The van der Waals surface area contributed by atoms with Crippen molar-refractivity contribution in [3.63, 3.8) is 0 Å². The number of carbonyl (C=O) groups excluding carboxylic acids is 1. The first-order chi connectivity index (χ1) is 6.27. The van der Waals surface area contributed by atoms with Crippen LogP contribution in [-0.2, 0) is 4.79 Å². The van der Waals surface area contributed by atoms with Crippen LogP contribution in [0.2, 0.25) is 0 Å². The smallest absolute Gasteiger partial charge is 0.217 e. The van der Waals surface area contributed by atoms with Gasteiger partial charge >= 0.3 is 0 Å². The Morgan fingerprint density at radius 1 is 1.38 bits per heavy atom. The van der Waals surface area contributed by atoms with E-state index in [1.165, 1.54) is 25.7 Å². The van der Waals surface area contributed by atoms with E-state index in [-0.39, 0.29) is 5.91 Å². The highest BCUT2D eigenvalue weighted by Gasteiger charge is 2.37. The van der Waals surface area contributed by atoms with Crippen LogP contribution in [0.25, 0.3) is 0 Å². The maximum Gasteiger partial charge on any atom is 0.217 e. The molecule has 2 rings (SSSR count). The van der Waals surface area contributed by atoms with Gasteiger partial charge in [0, 0.05) is 12.5 Å². The first kappa shape index (κ1) is 9.00. The lowest BCUT2D eigenvalue weighted by Crippen LogP contribution is -2.44. The average molecular weight is 182 g/mol. The van der Waals surface area contributed by atoms with Crippen LogP contribution >= 0.6 is 0 Å². The zero-order chi connectivity index (χ0) is 9.26. The second-order valence-corrected chi connectivity index (χ2v) is 4.39. The minimum absolute atomic E-state index is 0.139. The first-order valence-corrected chi connectivity index (χ1v) is 5.29. The summed E-state index contributed by atoms with van der Waals surface area (Å²) in [6, 6.07) is 0.584. The summed E-state index contributed by atoms with van der Waals surface area (Å²) in [6.07, 6.45) is 5.63. The van der Waals surface area contributed by atoms with Gasteiger partial charge in [0.15, 0.2) is 0 Å². The molecule has 1 amide bonds. The highest BCUT2D eigenvalue weighted by molar-refractivity contribution is 5.74. The Kier molecular flexibility index (Phi) is 2.54.